The molecule has 0 bridgehead atoms. The summed E-state index contributed by atoms with van der Waals surface area (Å²) in [5.74, 6) is 0.160. The lowest BCUT2D eigenvalue weighted by molar-refractivity contribution is -0.123. The molecule has 6 nitrogen and oxygen atoms in total. The Morgan fingerprint density at radius 2 is 1.81 bits per heavy atom. The summed E-state index contributed by atoms with van der Waals surface area (Å²) in [5.41, 5.74) is 5.96. The predicted octanol–water partition coefficient (Wildman–Crippen LogP) is 3.39. The van der Waals surface area contributed by atoms with E-state index < -0.39 is 11.8 Å². The molecule has 0 saturated heterocycles. The third-order valence-corrected chi connectivity index (χ3v) is 3.90. The second kappa shape index (κ2) is 9.82. The standard InChI is InChI=1S/C19H21BrN2O4/c1-3-10-25-17-7-5-4-6-15(17)19(24)22-21-18(23)12-26-16-9-8-14(20)11-13(16)2/h4-9,11H,3,10,12H2,1-2H3,(H,21,23)(H,22,24). The van der Waals surface area contributed by atoms with Gasteiger partial charge in [-0.1, -0.05) is 35.0 Å². The van der Waals surface area contributed by atoms with Gasteiger partial charge in [0.1, 0.15) is 11.5 Å². The van der Waals surface area contributed by atoms with Crippen molar-refractivity contribution in [3.63, 3.8) is 0 Å². The zero-order chi connectivity index (χ0) is 18.9. The number of rotatable bonds is 7. The highest BCUT2D eigenvalue weighted by molar-refractivity contribution is 9.10. The average molecular weight is 421 g/mol. The molecular weight excluding hydrogens is 400 g/mol. The summed E-state index contributed by atoms with van der Waals surface area (Å²) in [4.78, 5) is 24.1. The fraction of sp³-hybridized carbons (Fsp3) is 0.263. The van der Waals surface area contributed by atoms with Gasteiger partial charge in [-0.2, -0.15) is 0 Å². The van der Waals surface area contributed by atoms with Crippen molar-refractivity contribution in [1.29, 1.82) is 0 Å². The van der Waals surface area contributed by atoms with Crippen LogP contribution >= 0.6 is 15.9 Å². The molecule has 0 aliphatic heterocycles. The van der Waals surface area contributed by atoms with Crippen molar-refractivity contribution in [2.75, 3.05) is 13.2 Å². The molecule has 0 aromatic heterocycles. The normalized spacial score (nSPS) is 10.1. The molecule has 0 aliphatic rings. The van der Waals surface area contributed by atoms with Crippen LogP contribution in [0.3, 0.4) is 0 Å². The van der Waals surface area contributed by atoms with E-state index in [2.05, 4.69) is 26.8 Å². The van der Waals surface area contributed by atoms with Crippen LogP contribution in [0.2, 0.25) is 0 Å². The van der Waals surface area contributed by atoms with E-state index in [4.69, 9.17) is 9.47 Å². The first kappa shape index (κ1) is 19.8. The van der Waals surface area contributed by atoms with Crippen molar-refractivity contribution < 1.29 is 19.1 Å². The van der Waals surface area contributed by atoms with Crippen molar-refractivity contribution in [2.45, 2.75) is 20.3 Å². The first-order valence-electron chi connectivity index (χ1n) is 8.21. The van der Waals surface area contributed by atoms with Crippen molar-refractivity contribution in [3.05, 3.63) is 58.1 Å². The number of halogens is 1. The maximum absolute atomic E-state index is 12.2. The Morgan fingerprint density at radius 1 is 1.04 bits per heavy atom. The highest BCUT2D eigenvalue weighted by Crippen LogP contribution is 2.22. The van der Waals surface area contributed by atoms with E-state index in [0.717, 1.165) is 16.5 Å². The van der Waals surface area contributed by atoms with E-state index in [0.29, 0.717) is 23.7 Å². The summed E-state index contributed by atoms with van der Waals surface area (Å²) in [6.45, 7) is 4.16. The van der Waals surface area contributed by atoms with Gasteiger partial charge in [0.2, 0.25) is 0 Å². The van der Waals surface area contributed by atoms with Gasteiger partial charge >= 0.3 is 0 Å². The first-order valence-corrected chi connectivity index (χ1v) is 9.00. The molecule has 138 valence electrons. The number of hydrazine groups is 1. The molecule has 0 fully saturated rings. The molecule has 7 heteroatoms. The smallest absolute Gasteiger partial charge is 0.276 e. The van der Waals surface area contributed by atoms with Gasteiger partial charge in [-0.15, -0.1) is 0 Å². The highest BCUT2D eigenvalue weighted by atomic mass is 79.9. The van der Waals surface area contributed by atoms with Crippen LogP contribution in [0.1, 0.15) is 29.3 Å². The van der Waals surface area contributed by atoms with E-state index in [-0.39, 0.29) is 6.61 Å². The minimum atomic E-state index is -0.465. The molecule has 2 aromatic rings. The minimum absolute atomic E-state index is 0.212. The predicted molar refractivity (Wildman–Crippen MR) is 102 cm³/mol. The van der Waals surface area contributed by atoms with Crippen molar-refractivity contribution in [3.8, 4) is 11.5 Å². The van der Waals surface area contributed by atoms with Crippen LogP contribution in [0, 0.1) is 6.92 Å². The van der Waals surface area contributed by atoms with Gasteiger partial charge in [0.15, 0.2) is 6.61 Å². The number of para-hydroxylation sites is 1. The highest BCUT2D eigenvalue weighted by Gasteiger charge is 2.13. The Balaban J connectivity index is 1.86. The first-order chi connectivity index (χ1) is 12.5. The zero-order valence-electron chi connectivity index (χ0n) is 14.7. The maximum atomic E-state index is 12.2. The molecular formula is C19H21BrN2O4. The molecule has 2 N–H and O–H groups in total. The Bertz CT molecular complexity index is 780. The Morgan fingerprint density at radius 3 is 2.54 bits per heavy atom. The zero-order valence-corrected chi connectivity index (χ0v) is 16.3. The third-order valence-electron chi connectivity index (χ3n) is 3.40. The van der Waals surface area contributed by atoms with Crippen LogP contribution in [0.25, 0.3) is 0 Å². The van der Waals surface area contributed by atoms with Crippen LogP contribution in [0.4, 0.5) is 0 Å². The van der Waals surface area contributed by atoms with Crippen LogP contribution in [0.15, 0.2) is 46.9 Å². The van der Waals surface area contributed by atoms with Gasteiger partial charge in [0.25, 0.3) is 11.8 Å². The van der Waals surface area contributed by atoms with Gasteiger partial charge in [-0.3, -0.25) is 20.4 Å². The molecule has 0 heterocycles. The van der Waals surface area contributed by atoms with Gasteiger partial charge in [-0.25, -0.2) is 0 Å². The van der Waals surface area contributed by atoms with E-state index >= 15 is 0 Å². The summed E-state index contributed by atoms with van der Waals surface area (Å²) in [6.07, 6.45) is 0.833. The monoisotopic (exact) mass is 420 g/mol. The fourth-order valence-corrected chi connectivity index (χ4v) is 2.62. The number of hydrogen-bond acceptors (Lipinski definition) is 4. The second-order valence-electron chi connectivity index (χ2n) is 5.55. The topological polar surface area (TPSA) is 76.7 Å². The molecule has 26 heavy (non-hydrogen) atoms. The lowest BCUT2D eigenvalue weighted by Gasteiger charge is -2.12. The molecule has 2 aromatic carbocycles. The van der Waals surface area contributed by atoms with E-state index in [1.165, 1.54) is 0 Å². The van der Waals surface area contributed by atoms with E-state index in [1.54, 1.807) is 30.3 Å². The number of ether oxygens (including phenoxy) is 2. The molecule has 0 atom stereocenters. The van der Waals surface area contributed by atoms with Crippen LogP contribution in [-0.2, 0) is 4.79 Å². The van der Waals surface area contributed by atoms with Crippen molar-refractivity contribution >= 4 is 27.7 Å². The van der Waals surface area contributed by atoms with Crippen LogP contribution in [-0.4, -0.2) is 25.0 Å². The molecule has 0 spiro atoms. The molecule has 2 rings (SSSR count). The number of nitrogens with one attached hydrogen (secondary N) is 2. The van der Waals surface area contributed by atoms with E-state index in [1.807, 2.05) is 26.0 Å². The van der Waals surface area contributed by atoms with Gasteiger partial charge < -0.3 is 9.47 Å². The molecule has 0 unspecified atom stereocenters. The van der Waals surface area contributed by atoms with Crippen LogP contribution < -0.4 is 20.3 Å². The number of carbonyl (C=O) groups is 2. The quantitative estimate of drug-likeness (QED) is 0.673. The summed E-state index contributed by atoms with van der Waals surface area (Å²) in [7, 11) is 0. The Hall–Kier alpha value is -2.54. The Kier molecular flexibility index (Phi) is 7.47. The number of hydrogen-bond donors (Lipinski definition) is 2. The average Bonchev–Trinajstić information content (AvgIpc) is 2.64. The minimum Gasteiger partial charge on any atom is -0.493 e. The fourth-order valence-electron chi connectivity index (χ4n) is 2.14. The molecule has 0 aliphatic carbocycles. The number of carbonyl (C=O) groups excluding carboxylic acids is 2. The number of amides is 2. The van der Waals surface area contributed by atoms with Gasteiger partial charge in [0.05, 0.1) is 12.2 Å². The SMILES string of the molecule is CCCOc1ccccc1C(=O)NNC(=O)COc1ccc(Br)cc1C. The largest absolute Gasteiger partial charge is 0.493 e. The Labute approximate surface area is 161 Å². The lowest BCUT2D eigenvalue weighted by Crippen LogP contribution is -2.44. The summed E-state index contributed by atoms with van der Waals surface area (Å²) in [6, 6.07) is 12.4. The van der Waals surface area contributed by atoms with Gasteiger partial charge in [0, 0.05) is 4.47 Å². The summed E-state index contributed by atoms with van der Waals surface area (Å²) < 4.78 is 11.9. The van der Waals surface area contributed by atoms with Crippen molar-refractivity contribution in [1.82, 2.24) is 10.9 Å². The third kappa shape index (κ3) is 5.77. The maximum Gasteiger partial charge on any atom is 0.276 e. The summed E-state index contributed by atoms with van der Waals surface area (Å²) >= 11 is 3.37. The lowest BCUT2D eigenvalue weighted by atomic mass is 10.2. The van der Waals surface area contributed by atoms with E-state index in [9.17, 15) is 9.59 Å². The molecule has 2 amide bonds. The number of aryl methyl sites for hydroxylation is 1. The van der Waals surface area contributed by atoms with Crippen molar-refractivity contribution in [2.24, 2.45) is 0 Å². The second-order valence-corrected chi connectivity index (χ2v) is 6.46. The van der Waals surface area contributed by atoms with Crippen LogP contribution in [0.5, 0.6) is 11.5 Å². The summed E-state index contributed by atoms with van der Waals surface area (Å²) in [5, 5.41) is 0. The number of benzene rings is 2. The van der Waals surface area contributed by atoms with Gasteiger partial charge in [-0.05, 0) is 49.2 Å². The molecule has 0 saturated carbocycles. The molecule has 0 radical (unpaired) electrons.